The van der Waals surface area contributed by atoms with Gasteiger partial charge in [-0.25, -0.2) is 8.42 Å². The first-order valence-corrected chi connectivity index (χ1v) is 8.75. The van der Waals surface area contributed by atoms with Gasteiger partial charge < -0.3 is 9.84 Å². The Morgan fingerprint density at radius 1 is 1.38 bits per heavy atom. The third-order valence-corrected chi connectivity index (χ3v) is 5.37. The lowest BCUT2D eigenvalue weighted by Gasteiger charge is -2.21. The van der Waals surface area contributed by atoms with Gasteiger partial charge in [0.15, 0.2) is 9.84 Å². The zero-order valence-corrected chi connectivity index (χ0v) is 12.7. The van der Waals surface area contributed by atoms with E-state index in [1.807, 2.05) is 12.1 Å². The number of benzene rings is 1. The number of aromatic nitrogens is 2. The van der Waals surface area contributed by atoms with Crippen LogP contribution in [0.5, 0.6) is 0 Å². The first kappa shape index (κ1) is 14.5. The Balaban J connectivity index is 1.75. The van der Waals surface area contributed by atoms with Crippen molar-refractivity contribution in [2.24, 2.45) is 0 Å². The Hall–Kier alpha value is -1.44. The van der Waals surface area contributed by atoms with Gasteiger partial charge in [-0.1, -0.05) is 28.9 Å². The predicted molar refractivity (Wildman–Crippen MR) is 78.9 cm³/mol. The van der Waals surface area contributed by atoms with E-state index in [0.29, 0.717) is 35.3 Å². The summed E-state index contributed by atoms with van der Waals surface area (Å²) in [5, 5.41) is 7.60. The summed E-state index contributed by atoms with van der Waals surface area (Å²) in [4.78, 5) is 4.29. The van der Waals surface area contributed by atoms with Crippen molar-refractivity contribution >= 4 is 21.4 Å². The number of nitrogens with one attached hydrogen (secondary N) is 1. The smallest absolute Gasteiger partial charge is 0.228 e. The van der Waals surface area contributed by atoms with Crippen molar-refractivity contribution in [1.82, 2.24) is 15.5 Å². The summed E-state index contributed by atoms with van der Waals surface area (Å²) in [6.45, 7) is 0.457. The maximum atomic E-state index is 11.6. The van der Waals surface area contributed by atoms with E-state index in [4.69, 9.17) is 16.1 Å². The summed E-state index contributed by atoms with van der Waals surface area (Å²) < 4.78 is 28.4. The van der Waals surface area contributed by atoms with E-state index < -0.39 is 9.84 Å². The van der Waals surface area contributed by atoms with Crippen LogP contribution < -0.4 is 5.32 Å². The molecule has 1 aliphatic heterocycles. The second kappa shape index (κ2) is 5.75. The Labute approximate surface area is 127 Å². The molecule has 3 rings (SSSR count). The van der Waals surface area contributed by atoms with Gasteiger partial charge in [0, 0.05) is 24.6 Å². The van der Waals surface area contributed by atoms with Crippen LogP contribution in [0.25, 0.3) is 11.4 Å². The van der Waals surface area contributed by atoms with Gasteiger partial charge in [-0.05, 0) is 12.1 Å². The number of sulfone groups is 1. The fourth-order valence-electron chi connectivity index (χ4n) is 2.30. The summed E-state index contributed by atoms with van der Waals surface area (Å²) in [6, 6.07) is 7.03. The number of halogens is 1. The van der Waals surface area contributed by atoms with Crippen LogP contribution in [-0.4, -0.2) is 42.7 Å². The minimum absolute atomic E-state index is 0.0941. The topological polar surface area (TPSA) is 85.1 Å². The lowest BCUT2D eigenvalue weighted by Crippen LogP contribution is -2.46. The zero-order valence-electron chi connectivity index (χ0n) is 11.1. The van der Waals surface area contributed by atoms with Crippen molar-refractivity contribution in [2.45, 2.75) is 12.5 Å². The van der Waals surface area contributed by atoms with Crippen LogP contribution in [0.3, 0.4) is 0 Å². The second-order valence-electron chi connectivity index (χ2n) is 4.96. The molecule has 2 aromatic rings. The average molecular weight is 328 g/mol. The van der Waals surface area contributed by atoms with Crippen LogP contribution in [0.1, 0.15) is 5.89 Å². The van der Waals surface area contributed by atoms with Gasteiger partial charge in [-0.3, -0.25) is 0 Å². The number of rotatable bonds is 3. The summed E-state index contributed by atoms with van der Waals surface area (Å²) >= 11 is 6.08. The molecule has 0 bridgehead atoms. The monoisotopic (exact) mass is 327 g/mol. The first-order chi connectivity index (χ1) is 10.0. The molecule has 1 saturated heterocycles. The summed E-state index contributed by atoms with van der Waals surface area (Å²) in [7, 11) is -2.98. The first-order valence-electron chi connectivity index (χ1n) is 6.55. The van der Waals surface area contributed by atoms with Crippen molar-refractivity contribution in [3.63, 3.8) is 0 Å². The van der Waals surface area contributed by atoms with E-state index >= 15 is 0 Å². The molecule has 2 heterocycles. The molecule has 1 unspecified atom stereocenters. The van der Waals surface area contributed by atoms with Crippen LogP contribution in [0.2, 0.25) is 5.02 Å². The van der Waals surface area contributed by atoms with Gasteiger partial charge in [0.1, 0.15) is 0 Å². The molecule has 21 heavy (non-hydrogen) atoms. The third-order valence-electron chi connectivity index (χ3n) is 3.31. The van der Waals surface area contributed by atoms with E-state index in [0.717, 1.165) is 0 Å². The van der Waals surface area contributed by atoms with Gasteiger partial charge in [0.2, 0.25) is 11.7 Å². The van der Waals surface area contributed by atoms with E-state index in [1.165, 1.54) is 0 Å². The fraction of sp³-hybridized carbons (Fsp3) is 0.385. The Kier molecular flexibility index (Phi) is 3.97. The van der Waals surface area contributed by atoms with Crippen molar-refractivity contribution in [1.29, 1.82) is 0 Å². The van der Waals surface area contributed by atoms with Crippen LogP contribution >= 0.6 is 11.6 Å². The molecule has 0 amide bonds. The number of nitrogens with zero attached hydrogens (tertiary/aromatic N) is 2. The van der Waals surface area contributed by atoms with Crippen molar-refractivity contribution in [3.8, 4) is 11.4 Å². The zero-order chi connectivity index (χ0) is 14.9. The van der Waals surface area contributed by atoms with E-state index in [9.17, 15) is 8.42 Å². The minimum atomic E-state index is -2.98. The number of hydrogen-bond acceptors (Lipinski definition) is 6. The van der Waals surface area contributed by atoms with E-state index in [1.54, 1.807) is 12.1 Å². The molecule has 8 heteroatoms. The summed E-state index contributed by atoms with van der Waals surface area (Å²) in [6.07, 6.45) is 0.386. The molecule has 6 nitrogen and oxygen atoms in total. The molecule has 0 radical (unpaired) electrons. The Morgan fingerprint density at radius 3 is 2.95 bits per heavy atom. The normalized spacial score (nSPS) is 21.3. The molecule has 1 aromatic heterocycles. The highest BCUT2D eigenvalue weighted by molar-refractivity contribution is 7.91. The maximum absolute atomic E-state index is 11.6. The highest BCUT2D eigenvalue weighted by Crippen LogP contribution is 2.25. The van der Waals surface area contributed by atoms with Crippen molar-refractivity contribution in [2.75, 3.05) is 18.1 Å². The summed E-state index contributed by atoms with van der Waals surface area (Å²) in [5.74, 6) is 1.09. The molecular formula is C13H14ClN3O3S. The third kappa shape index (κ3) is 3.42. The van der Waals surface area contributed by atoms with Gasteiger partial charge in [-0.15, -0.1) is 0 Å². The van der Waals surface area contributed by atoms with Gasteiger partial charge in [-0.2, -0.15) is 4.98 Å². The van der Waals surface area contributed by atoms with Crippen LogP contribution in [0, 0.1) is 0 Å². The lowest BCUT2D eigenvalue weighted by molar-refractivity contribution is 0.361. The van der Waals surface area contributed by atoms with Gasteiger partial charge in [0.05, 0.1) is 16.5 Å². The molecule has 1 aromatic carbocycles. The fourth-order valence-corrected chi connectivity index (χ4v) is 3.96. The standard InChI is InChI=1S/C13H14ClN3O3S/c14-11-4-2-1-3-10(11)13-16-12(20-17-13)7-9-8-21(18,19)6-5-15-9/h1-4,9,15H,5-8H2. The molecule has 1 fully saturated rings. The Bertz CT molecular complexity index is 745. The molecule has 0 aliphatic carbocycles. The summed E-state index contributed by atoms with van der Waals surface area (Å²) in [5.41, 5.74) is 0.693. The predicted octanol–water partition coefficient (Wildman–Crippen LogP) is 1.32. The second-order valence-corrected chi connectivity index (χ2v) is 7.60. The molecular weight excluding hydrogens is 314 g/mol. The molecule has 1 aliphatic rings. The Morgan fingerprint density at radius 2 is 2.19 bits per heavy atom. The van der Waals surface area contributed by atoms with Gasteiger partial charge >= 0.3 is 0 Å². The average Bonchev–Trinajstić information content (AvgIpc) is 2.86. The van der Waals surface area contributed by atoms with Crippen molar-refractivity contribution in [3.05, 3.63) is 35.2 Å². The highest BCUT2D eigenvalue weighted by Gasteiger charge is 2.26. The lowest BCUT2D eigenvalue weighted by atomic mass is 10.2. The molecule has 0 saturated carbocycles. The van der Waals surface area contributed by atoms with E-state index in [-0.39, 0.29) is 17.5 Å². The van der Waals surface area contributed by atoms with E-state index in [2.05, 4.69) is 15.5 Å². The molecule has 1 atom stereocenters. The molecule has 112 valence electrons. The maximum Gasteiger partial charge on any atom is 0.228 e. The van der Waals surface area contributed by atoms with Crippen LogP contribution in [0.15, 0.2) is 28.8 Å². The van der Waals surface area contributed by atoms with Crippen LogP contribution in [0.4, 0.5) is 0 Å². The van der Waals surface area contributed by atoms with Crippen LogP contribution in [-0.2, 0) is 16.3 Å². The molecule has 1 N–H and O–H groups in total. The minimum Gasteiger partial charge on any atom is -0.339 e. The highest BCUT2D eigenvalue weighted by atomic mass is 35.5. The molecule has 0 spiro atoms. The largest absolute Gasteiger partial charge is 0.339 e. The number of hydrogen-bond donors (Lipinski definition) is 1. The SMILES string of the molecule is O=S1(=O)CCNC(Cc2nc(-c3ccccc3Cl)no2)C1. The van der Waals surface area contributed by atoms with Crippen molar-refractivity contribution < 1.29 is 12.9 Å². The van der Waals surface area contributed by atoms with Gasteiger partial charge in [0.25, 0.3) is 0 Å². The quantitative estimate of drug-likeness (QED) is 0.915.